The molecule has 1 saturated heterocycles. The van der Waals surface area contributed by atoms with E-state index in [1.807, 2.05) is 13.1 Å². The minimum Gasteiger partial charge on any atom is -0.339 e. The first kappa shape index (κ1) is 13.0. The van der Waals surface area contributed by atoms with E-state index in [9.17, 15) is 4.21 Å². The maximum Gasteiger partial charge on any atom is 0.225 e. The molecule has 104 valence electrons. The third-order valence-corrected chi connectivity index (χ3v) is 4.96. The minimum absolute atomic E-state index is 0.653. The summed E-state index contributed by atoms with van der Waals surface area (Å²) < 4.78 is 11.4. The van der Waals surface area contributed by atoms with Crippen molar-refractivity contribution >= 4 is 16.7 Å². The van der Waals surface area contributed by atoms with Crippen molar-refractivity contribution in [3.05, 3.63) is 17.5 Å². The summed E-state index contributed by atoms with van der Waals surface area (Å²) in [5, 5.41) is 3.48. The molecule has 1 N–H and O–H groups in total. The Kier molecular flexibility index (Phi) is 3.79. The fourth-order valence-corrected chi connectivity index (χ4v) is 3.24. The second-order valence-corrected chi connectivity index (χ2v) is 6.97. The summed E-state index contributed by atoms with van der Waals surface area (Å²) in [6.07, 6.45) is 4.52. The van der Waals surface area contributed by atoms with Crippen LogP contribution in [0.1, 0.15) is 24.1 Å². The molecule has 1 saturated carbocycles. The van der Waals surface area contributed by atoms with Gasteiger partial charge < -0.3 is 10.2 Å². The number of aromatic nitrogens is 2. The summed E-state index contributed by atoms with van der Waals surface area (Å²) in [6, 6.07) is 0.705. The number of nitrogens with one attached hydrogen (secondary N) is 1. The quantitative estimate of drug-likeness (QED) is 0.875. The predicted molar refractivity (Wildman–Crippen MR) is 76.7 cm³/mol. The van der Waals surface area contributed by atoms with E-state index < -0.39 is 10.8 Å². The van der Waals surface area contributed by atoms with Crippen LogP contribution in [0.5, 0.6) is 0 Å². The van der Waals surface area contributed by atoms with Crippen molar-refractivity contribution in [1.82, 2.24) is 15.3 Å². The van der Waals surface area contributed by atoms with Gasteiger partial charge in [0.15, 0.2) is 0 Å². The van der Waals surface area contributed by atoms with E-state index in [0.29, 0.717) is 6.04 Å². The van der Waals surface area contributed by atoms with Crippen LogP contribution in [0, 0.1) is 6.92 Å². The van der Waals surface area contributed by atoms with E-state index in [4.69, 9.17) is 0 Å². The zero-order chi connectivity index (χ0) is 13.2. The van der Waals surface area contributed by atoms with Crippen LogP contribution >= 0.6 is 0 Å². The second kappa shape index (κ2) is 5.54. The Bertz CT molecular complexity index is 480. The monoisotopic (exact) mass is 280 g/mol. The summed E-state index contributed by atoms with van der Waals surface area (Å²) in [5.41, 5.74) is 2.22. The summed E-state index contributed by atoms with van der Waals surface area (Å²) in [4.78, 5) is 11.2. The van der Waals surface area contributed by atoms with Crippen molar-refractivity contribution in [3.63, 3.8) is 0 Å². The third kappa shape index (κ3) is 3.30. The van der Waals surface area contributed by atoms with Crippen molar-refractivity contribution in [2.24, 2.45) is 0 Å². The second-order valence-electron chi connectivity index (χ2n) is 5.27. The lowest BCUT2D eigenvalue weighted by Gasteiger charge is -2.26. The molecule has 0 amide bonds. The van der Waals surface area contributed by atoms with Gasteiger partial charge in [0, 0.05) is 65.4 Å². The molecule has 0 unspecified atom stereocenters. The maximum absolute atomic E-state index is 11.4. The maximum atomic E-state index is 11.4. The van der Waals surface area contributed by atoms with Crippen molar-refractivity contribution < 1.29 is 4.21 Å². The molecule has 2 aliphatic rings. The van der Waals surface area contributed by atoms with E-state index in [0.717, 1.165) is 42.8 Å². The highest BCUT2D eigenvalue weighted by Gasteiger charge is 2.21. The molecule has 19 heavy (non-hydrogen) atoms. The van der Waals surface area contributed by atoms with Crippen molar-refractivity contribution in [1.29, 1.82) is 0 Å². The number of aryl methyl sites for hydroxylation is 1. The first-order chi connectivity index (χ1) is 9.22. The van der Waals surface area contributed by atoms with Gasteiger partial charge in [0.25, 0.3) is 0 Å². The molecule has 1 aromatic rings. The molecular formula is C13H20N4OS. The van der Waals surface area contributed by atoms with E-state index in [2.05, 4.69) is 20.2 Å². The Morgan fingerprint density at radius 2 is 2.16 bits per heavy atom. The van der Waals surface area contributed by atoms with Gasteiger partial charge in [-0.2, -0.15) is 0 Å². The molecule has 0 radical (unpaired) electrons. The lowest BCUT2D eigenvalue weighted by atomic mass is 10.2. The lowest BCUT2D eigenvalue weighted by molar-refractivity contribution is 0.668. The predicted octanol–water partition coefficient (Wildman–Crippen LogP) is 0.606. The number of rotatable bonds is 4. The zero-order valence-corrected chi connectivity index (χ0v) is 12.1. The van der Waals surface area contributed by atoms with Gasteiger partial charge in [0.05, 0.1) is 0 Å². The van der Waals surface area contributed by atoms with Gasteiger partial charge in [-0.25, -0.2) is 9.97 Å². The van der Waals surface area contributed by atoms with Gasteiger partial charge in [0.2, 0.25) is 5.95 Å². The van der Waals surface area contributed by atoms with Crippen molar-refractivity contribution in [2.45, 2.75) is 32.4 Å². The fraction of sp³-hybridized carbons (Fsp3) is 0.692. The highest BCUT2D eigenvalue weighted by molar-refractivity contribution is 7.85. The molecule has 0 aromatic carbocycles. The average molecular weight is 280 g/mol. The SMILES string of the molecule is Cc1nc(N2CCS(=O)CC2)ncc1CNC1CC1. The molecular weight excluding hydrogens is 260 g/mol. The Morgan fingerprint density at radius 3 is 2.79 bits per heavy atom. The van der Waals surface area contributed by atoms with Crippen molar-refractivity contribution in [2.75, 3.05) is 29.5 Å². The normalized spacial score (nSPS) is 20.8. The van der Waals surface area contributed by atoms with Gasteiger partial charge >= 0.3 is 0 Å². The van der Waals surface area contributed by atoms with E-state index in [1.54, 1.807) is 0 Å². The summed E-state index contributed by atoms with van der Waals surface area (Å²) in [6.45, 7) is 4.50. The van der Waals surface area contributed by atoms with E-state index in [1.165, 1.54) is 18.4 Å². The highest BCUT2D eigenvalue weighted by Crippen LogP contribution is 2.20. The molecule has 6 heteroatoms. The first-order valence-electron chi connectivity index (χ1n) is 6.88. The molecule has 1 aromatic heterocycles. The Balaban J connectivity index is 1.65. The molecule has 0 bridgehead atoms. The van der Waals surface area contributed by atoms with Crippen LogP contribution in [0.25, 0.3) is 0 Å². The summed E-state index contributed by atoms with van der Waals surface area (Å²) in [5.74, 6) is 2.24. The highest BCUT2D eigenvalue weighted by atomic mass is 32.2. The van der Waals surface area contributed by atoms with Crippen LogP contribution in [0.2, 0.25) is 0 Å². The van der Waals surface area contributed by atoms with Crippen LogP contribution in [-0.4, -0.2) is 44.8 Å². The van der Waals surface area contributed by atoms with Gasteiger partial charge in [-0.1, -0.05) is 0 Å². The van der Waals surface area contributed by atoms with Crippen LogP contribution in [0.4, 0.5) is 5.95 Å². The van der Waals surface area contributed by atoms with E-state index >= 15 is 0 Å². The first-order valence-corrected chi connectivity index (χ1v) is 8.37. The molecule has 0 atom stereocenters. The molecule has 1 aliphatic carbocycles. The summed E-state index contributed by atoms with van der Waals surface area (Å²) in [7, 11) is -0.653. The summed E-state index contributed by atoms with van der Waals surface area (Å²) >= 11 is 0. The van der Waals surface area contributed by atoms with Gasteiger partial charge in [-0.3, -0.25) is 4.21 Å². The number of nitrogens with zero attached hydrogens (tertiary/aromatic N) is 3. The van der Waals surface area contributed by atoms with Crippen LogP contribution in [0.3, 0.4) is 0 Å². The molecule has 5 nitrogen and oxygen atoms in total. The van der Waals surface area contributed by atoms with Gasteiger partial charge in [-0.05, 0) is 19.8 Å². The Labute approximate surface area is 116 Å². The van der Waals surface area contributed by atoms with Crippen LogP contribution in [0.15, 0.2) is 6.20 Å². The number of hydrogen-bond donors (Lipinski definition) is 1. The molecule has 2 heterocycles. The van der Waals surface area contributed by atoms with Crippen molar-refractivity contribution in [3.8, 4) is 0 Å². The molecule has 3 rings (SSSR count). The van der Waals surface area contributed by atoms with E-state index in [-0.39, 0.29) is 0 Å². The topological polar surface area (TPSA) is 58.1 Å². The standard InChI is InChI=1S/C13H20N4OS/c1-10-11(8-14-12-2-3-12)9-15-13(16-10)17-4-6-19(18)7-5-17/h9,12,14H,2-8H2,1H3. The Hall–Kier alpha value is -1.01. The minimum atomic E-state index is -0.653. The smallest absolute Gasteiger partial charge is 0.225 e. The zero-order valence-electron chi connectivity index (χ0n) is 11.3. The number of anilines is 1. The third-order valence-electron chi connectivity index (χ3n) is 3.69. The fourth-order valence-electron chi connectivity index (χ4n) is 2.19. The van der Waals surface area contributed by atoms with Crippen LogP contribution < -0.4 is 10.2 Å². The van der Waals surface area contributed by atoms with Gasteiger partial charge in [0.1, 0.15) is 0 Å². The molecule has 0 spiro atoms. The van der Waals surface area contributed by atoms with Crippen LogP contribution in [-0.2, 0) is 17.3 Å². The molecule has 1 aliphatic heterocycles. The Morgan fingerprint density at radius 1 is 1.42 bits per heavy atom. The van der Waals surface area contributed by atoms with Gasteiger partial charge in [-0.15, -0.1) is 0 Å². The number of hydrogen-bond acceptors (Lipinski definition) is 5. The lowest BCUT2D eigenvalue weighted by Crippen LogP contribution is -2.38. The largest absolute Gasteiger partial charge is 0.339 e. The average Bonchev–Trinajstić information content (AvgIpc) is 3.22. The molecule has 2 fully saturated rings.